The Morgan fingerprint density at radius 3 is 2.71 bits per heavy atom. The minimum atomic E-state index is -3.85. The first-order chi connectivity index (χ1) is 14.6. The van der Waals surface area contributed by atoms with Gasteiger partial charge in [0.25, 0.3) is 0 Å². The summed E-state index contributed by atoms with van der Waals surface area (Å²) >= 11 is 0. The second kappa shape index (κ2) is 9.71. The minimum Gasteiger partial charge on any atom is -0.487 e. The number of carbonyl (C=O) groups is 1. The van der Waals surface area contributed by atoms with Crippen molar-refractivity contribution in [2.75, 3.05) is 26.7 Å². The summed E-state index contributed by atoms with van der Waals surface area (Å²) in [4.78, 5) is 13.5. The molecule has 1 aromatic rings. The molecule has 2 aliphatic rings. The topological polar surface area (TPSA) is 87.2 Å². The zero-order valence-corrected chi connectivity index (χ0v) is 19.7. The van der Waals surface area contributed by atoms with Crippen LogP contribution >= 0.6 is 0 Å². The number of benzene rings is 1. The van der Waals surface area contributed by atoms with Crippen LogP contribution in [0.25, 0.3) is 5.57 Å². The predicted octanol–water partition coefficient (Wildman–Crippen LogP) is 2.89. The number of sulfonamides is 1. The van der Waals surface area contributed by atoms with Gasteiger partial charge >= 0.3 is 0 Å². The Kier molecular flexibility index (Phi) is 7.44. The molecule has 3 rings (SSSR count). The number of fused-ring (bicyclic) bond motifs is 1. The van der Waals surface area contributed by atoms with E-state index in [9.17, 15) is 18.3 Å². The van der Waals surface area contributed by atoms with E-state index in [0.717, 1.165) is 24.8 Å². The molecule has 1 aliphatic heterocycles. The fraction of sp³-hybridized carbons (Fsp3) is 0.609. The van der Waals surface area contributed by atoms with Gasteiger partial charge in [0.1, 0.15) is 16.7 Å². The van der Waals surface area contributed by atoms with Gasteiger partial charge in [-0.05, 0) is 55.9 Å². The first kappa shape index (κ1) is 23.8. The lowest BCUT2D eigenvalue weighted by Gasteiger charge is -2.37. The number of allylic oxidation sites excluding steroid dienone is 2. The number of hydrogen-bond acceptors (Lipinski definition) is 5. The normalized spacial score (nSPS) is 24.7. The van der Waals surface area contributed by atoms with Gasteiger partial charge in [-0.3, -0.25) is 4.79 Å². The first-order valence-corrected chi connectivity index (χ1v) is 12.4. The van der Waals surface area contributed by atoms with Crippen LogP contribution in [0.2, 0.25) is 0 Å². The number of amides is 1. The van der Waals surface area contributed by atoms with Gasteiger partial charge in [0, 0.05) is 32.5 Å². The molecule has 7 nitrogen and oxygen atoms in total. The van der Waals surface area contributed by atoms with Gasteiger partial charge in [0.15, 0.2) is 0 Å². The van der Waals surface area contributed by atoms with E-state index in [1.54, 1.807) is 24.9 Å². The summed E-state index contributed by atoms with van der Waals surface area (Å²) in [5, 5.41) is 9.72. The fourth-order valence-electron chi connectivity index (χ4n) is 4.14. The van der Waals surface area contributed by atoms with Crippen molar-refractivity contribution in [2.45, 2.75) is 63.5 Å². The molecule has 1 N–H and O–H groups in total. The van der Waals surface area contributed by atoms with E-state index in [1.807, 2.05) is 19.1 Å². The van der Waals surface area contributed by atoms with Crippen LogP contribution in [-0.4, -0.2) is 67.5 Å². The summed E-state index contributed by atoms with van der Waals surface area (Å²) in [5.74, 6) is 0.0521. The molecule has 3 atom stereocenters. The number of carbonyl (C=O) groups excluding carboxylic acids is 1. The zero-order valence-electron chi connectivity index (χ0n) is 18.9. The lowest BCUT2D eigenvalue weighted by molar-refractivity contribution is -0.129. The predicted molar refractivity (Wildman–Crippen MR) is 120 cm³/mol. The molecule has 0 spiro atoms. The average molecular weight is 451 g/mol. The number of aliphatic hydroxyl groups is 1. The largest absolute Gasteiger partial charge is 0.487 e. The lowest BCUT2D eigenvalue weighted by atomic mass is 9.93. The van der Waals surface area contributed by atoms with E-state index < -0.39 is 16.1 Å². The SMILES string of the molecule is CC(=O)N(C)C[C@H]1Oc2cc(C3=CCCCC3)ccc2S(=O)(=O)N([C@H](C)CO)C[C@H]1C. The zero-order chi connectivity index (χ0) is 22.8. The van der Waals surface area contributed by atoms with Crippen LogP contribution in [0, 0.1) is 5.92 Å². The third kappa shape index (κ3) is 5.13. The summed E-state index contributed by atoms with van der Waals surface area (Å²) in [6.45, 7) is 5.40. The summed E-state index contributed by atoms with van der Waals surface area (Å²) < 4.78 is 34.7. The monoisotopic (exact) mass is 450 g/mol. The molecular weight excluding hydrogens is 416 g/mol. The van der Waals surface area contributed by atoms with Crippen molar-refractivity contribution in [2.24, 2.45) is 5.92 Å². The summed E-state index contributed by atoms with van der Waals surface area (Å²) in [7, 11) is -2.14. The number of rotatable bonds is 5. The van der Waals surface area contributed by atoms with E-state index in [4.69, 9.17) is 4.74 Å². The van der Waals surface area contributed by atoms with Gasteiger partial charge in [0.05, 0.1) is 13.2 Å². The molecule has 0 unspecified atom stereocenters. The molecule has 1 heterocycles. The Balaban J connectivity index is 2.09. The fourth-order valence-corrected chi connectivity index (χ4v) is 5.97. The molecule has 1 aliphatic carbocycles. The van der Waals surface area contributed by atoms with Crippen LogP contribution in [0.5, 0.6) is 5.75 Å². The Labute approximate surface area is 185 Å². The van der Waals surface area contributed by atoms with Crippen LogP contribution in [0.3, 0.4) is 0 Å². The first-order valence-electron chi connectivity index (χ1n) is 11.0. The van der Waals surface area contributed by atoms with E-state index in [1.165, 1.54) is 23.2 Å². The lowest BCUT2D eigenvalue weighted by Crippen LogP contribution is -2.50. The van der Waals surface area contributed by atoms with Gasteiger partial charge in [-0.2, -0.15) is 4.31 Å². The molecule has 0 bridgehead atoms. The van der Waals surface area contributed by atoms with Crippen molar-refractivity contribution in [3.8, 4) is 5.75 Å². The third-order valence-corrected chi connectivity index (χ3v) is 8.34. The van der Waals surface area contributed by atoms with E-state index in [0.29, 0.717) is 12.3 Å². The molecule has 8 heteroatoms. The molecule has 0 aromatic heterocycles. The Bertz CT molecular complexity index is 943. The Morgan fingerprint density at radius 1 is 1.35 bits per heavy atom. The minimum absolute atomic E-state index is 0.0765. The second-order valence-electron chi connectivity index (χ2n) is 8.78. The summed E-state index contributed by atoms with van der Waals surface area (Å²) in [6, 6.07) is 4.73. The van der Waals surface area contributed by atoms with Crippen molar-refractivity contribution in [3.05, 3.63) is 29.8 Å². The van der Waals surface area contributed by atoms with Gasteiger partial charge < -0.3 is 14.7 Å². The maximum Gasteiger partial charge on any atom is 0.247 e. The number of ether oxygens (including phenoxy) is 1. The molecular formula is C23H34N2O5S. The molecule has 1 amide bonds. The van der Waals surface area contributed by atoms with Crippen LogP contribution in [0.4, 0.5) is 0 Å². The molecule has 0 saturated heterocycles. The smallest absolute Gasteiger partial charge is 0.247 e. The molecule has 0 radical (unpaired) electrons. The number of aliphatic hydroxyl groups excluding tert-OH is 1. The maximum atomic E-state index is 13.5. The van der Waals surface area contributed by atoms with E-state index in [2.05, 4.69) is 6.08 Å². The van der Waals surface area contributed by atoms with Crippen LogP contribution < -0.4 is 4.74 Å². The Hall–Kier alpha value is -1.90. The molecule has 0 saturated carbocycles. The van der Waals surface area contributed by atoms with Crippen molar-refractivity contribution in [1.29, 1.82) is 0 Å². The highest BCUT2D eigenvalue weighted by Gasteiger charge is 2.38. The second-order valence-corrected chi connectivity index (χ2v) is 10.6. The highest BCUT2D eigenvalue weighted by atomic mass is 32.2. The van der Waals surface area contributed by atoms with Gasteiger partial charge in [0.2, 0.25) is 15.9 Å². The van der Waals surface area contributed by atoms with Crippen molar-refractivity contribution in [3.63, 3.8) is 0 Å². The maximum absolute atomic E-state index is 13.5. The van der Waals surface area contributed by atoms with Gasteiger partial charge in [-0.15, -0.1) is 0 Å². The molecule has 1 aromatic carbocycles. The quantitative estimate of drug-likeness (QED) is 0.745. The average Bonchev–Trinajstić information content (AvgIpc) is 2.75. The number of hydrogen-bond donors (Lipinski definition) is 1. The van der Waals surface area contributed by atoms with E-state index >= 15 is 0 Å². The standard InChI is InChI=1S/C23H34N2O5S/c1-16-13-25(17(2)15-26)31(28,29)23-11-10-20(19-8-6-5-7-9-19)12-21(23)30-22(16)14-24(4)18(3)27/h8,10-12,16-17,22,26H,5-7,9,13-15H2,1-4H3/t16-,17-,22-/m1/s1. The third-order valence-electron chi connectivity index (χ3n) is 6.32. The van der Waals surface area contributed by atoms with E-state index in [-0.39, 0.29) is 36.0 Å². The summed E-state index contributed by atoms with van der Waals surface area (Å²) in [6.07, 6.45) is 6.11. The molecule has 0 fully saturated rings. The molecule has 31 heavy (non-hydrogen) atoms. The van der Waals surface area contributed by atoms with Crippen molar-refractivity contribution < 1.29 is 23.1 Å². The number of likely N-dealkylation sites (N-methyl/N-ethyl adjacent to an activating group) is 1. The highest BCUT2D eigenvalue weighted by Crippen LogP contribution is 2.37. The molecule has 172 valence electrons. The van der Waals surface area contributed by atoms with Crippen molar-refractivity contribution in [1.82, 2.24) is 9.21 Å². The van der Waals surface area contributed by atoms with Gasteiger partial charge in [-0.1, -0.05) is 19.1 Å². The Morgan fingerprint density at radius 2 is 2.10 bits per heavy atom. The summed E-state index contributed by atoms with van der Waals surface area (Å²) in [5.41, 5.74) is 2.19. The van der Waals surface area contributed by atoms with Crippen LogP contribution in [0.15, 0.2) is 29.2 Å². The van der Waals surface area contributed by atoms with Crippen molar-refractivity contribution >= 4 is 21.5 Å². The van der Waals surface area contributed by atoms with Gasteiger partial charge in [-0.25, -0.2) is 8.42 Å². The van der Waals surface area contributed by atoms with Crippen LogP contribution in [-0.2, 0) is 14.8 Å². The highest BCUT2D eigenvalue weighted by molar-refractivity contribution is 7.89. The number of nitrogens with zero attached hydrogens (tertiary/aromatic N) is 2. The van der Waals surface area contributed by atoms with Crippen LogP contribution in [0.1, 0.15) is 52.0 Å².